The second-order valence-corrected chi connectivity index (χ2v) is 5.88. The first-order chi connectivity index (χ1) is 10.4. The molecule has 0 aliphatic heterocycles. The highest BCUT2D eigenvalue weighted by molar-refractivity contribution is 5.99. The molecule has 0 saturated carbocycles. The van der Waals surface area contributed by atoms with E-state index in [9.17, 15) is 4.79 Å². The van der Waals surface area contributed by atoms with E-state index >= 15 is 0 Å². The number of halogens is 1. The van der Waals surface area contributed by atoms with Crippen LogP contribution in [0.3, 0.4) is 0 Å². The molecule has 0 spiro atoms. The Bertz CT molecular complexity index is 654. The number of amides is 1. The van der Waals surface area contributed by atoms with Crippen molar-refractivity contribution in [3.05, 3.63) is 59.7 Å². The fraction of sp³-hybridized carbons (Fsp3) is 0.278. The van der Waals surface area contributed by atoms with Crippen molar-refractivity contribution in [2.45, 2.75) is 19.3 Å². The van der Waals surface area contributed by atoms with E-state index in [0.717, 1.165) is 11.3 Å². The van der Waals surface area contributed by atoms with Crippen molar-refractivity contribution >= 4 is 24.0 Å². The molecule has 2 rings (SSSR count). The Balaban J connectivity index is 0.00000264. The van der Waals surface area contributed by atoms with Gasteiger partial charge in [-0.15, -0.1) is 12.4 Å². The van der Waals surface area contributed by atoms with Gasteiger partial charge in [0.25, 0.3) is 5.91 Å². The molecule has 124 valence electrons. The summed E-state index contributed by atoms with van der Waals surface area (Å²) < 4.78 is 5.17. The lowest BCUT2D eigenvalue weighted by Crippen LogP contribution is -2.36. The van der Waals surface area contributed by atoms with Crippen molar-refractivity contribution < 1.29 is 9.53 Å². The van der Waals surface area contributed by atoms with Crippen molar-refractivity contribution in [3.63, 3.8) is 0 Å². The molecule has 0 saturated heterocycles. The number of nitrogens with two attached hydrogens (primary N) is 1. The summed E-state index contributed by atoms with van der Waals surface area (Å²) in [6.45, 7) is 4.69. The summed E-state index contributed by atoms with van der Waals surface area (Å²) in [6.07, 6.45) is 0. The summed E-state index contributed by atoms with van der Waals surface area (Å²) >= 11 is 0. The normalized spacial score (nSPS) is 10.6. The van der Waals surface area contributed by atoms with E-state index in [4.69, 9.17) is 10.5 Å². The average Bonchev–Trinajstić information content (AvgIpc) is 2.53. The predicted octanol–water partition coefficient (Wildman–Crippen LogP) is 3.41. The smallest absolute Gasteiger partial charge is 0.253 e. The summed E-state index contributed by atoms with van der Waals surface area (Å²) in [6, 6.07) is 15.0. The third-order valence-electron chi connectivity index (χ3n) is 3.77. The highest BCUT2D eigenvalue weighted by Gasteiger charge is 2.22. The molecule has 2 aromatic carbocycles. The van der Waals surface area contributed by atoms with E-state index in [0.29, 0.717) is 17.8 Å². The molecule has 1 amide bonds. The van der Waals surface area contributed by atoms with Gasteiger partial charge >= 0.3 is 0 Å². The van der Waals surface area contributed by atoms with Gasteiger partial charge in [-0.1, -0.05) is 38.1 Å². The molecule has 0 unspecified atom stereocenters. The zero-order valence-electron chi connectivity index (χ0n) is 13.6. The van der Waals surface area contributed by atoms with Crippen molar-refractivity contribution in [3.8, 4) is 5.75 Å². The standard InChI is InChI=1S/C18H22N2O2.ClH/c1-18(2,13-8-10-14(22-3)11-9-13)12-20-17(21)15-6-4-5-7-16(15)19;/h4-11H,12,19H2,1-3H3,(H,20,21);1H. The van der Waals surface area contributed by atoms with Gasteiger partial charge in [0.2, 0.25) is 0 Å². The van der Waals surface area contributed by atoms with Crippen LogP contribution in [0, 0.1) is 0 Å². The van der Waals surface area contributed by atoms with Gasteiger partial charge in [0.1, 0.15) is 5.75 Å². The largest absolute Gasteiger partial charge is 0.497 e. The highest BCUT2D eigenvalue weighted by atomic mass is 35.5. The van der Waals surface area contributed by atoms with Crippen LogP contribution in [-0.4, -0.2) is 19.6 Å². The Morgan fingerprint density at radius 1 is 1.13 bits per heavy atom. The Hall–Kier alpha value is -2.20. The van der Waals surface area contributed by atoms with Crippen LogP contribution in [0.25, 0.3) is 0 Å². The second kappa shape index (κ2) is 7.88. The fourth-order valence-corrected chi connectivity index (χ4v) is 2.24. The Labute approximate surface area is 143 Å². The number of benzene rings is 2. The van der Waals surface area contributed by atoms with E-state index in [2.05, 4.69) is 19.2 Å². The number of carbonyl (C=O) groups is 1. The molecule has 4 nitrogen and oxygen atoms in total. The van der Waals surface area contributed by atoms with Crippen LogP contribution >= 0.6 is 12.4 Å². The number of nitrogen functional groups attached to an aromatic ring is 1. The maximum absolute atomic E-state index is 12.2. The van der Waals surface area contributed by atoms with E-state index < -0.39 is 0 Å². The van der Waals surface area contributed by atoms with Crippen LogP contribution < -0.4 is 15.8 Å². The van der Waals surface area contributed by atoms with Crippen LogP contribution in [0.5, 0.6) is 5.75 Å². The first-order valence-electron chi connectivity index (χ1n) is 7.21. The number of nitrogens with one attached hydrogen (secondary N) is 1. The first kappa shape index (κ1) is 18.8. The van der Waals surface area contributed by atoms with Crippen LogP contribution in [0.2, 0.25) is 0 Å². The number of hydrogen-bond acceptors (Lipinski definition) is 3. The number of para-hydroxylation sites is 1. The van der Waals surface area contributed by atoms with Gasteiger partial charge in [-0.05, 0) is 29.8 Å². The molecule has 0 bridgehead atoms. The molecule has 0 fully saturated rings. The van der Waals surface area contributed by atoms with Crippen molar-refractivity contribution in [1.29, 1.82) is 0 Å². The van der Waals surface area contributed by atoms with E-state index in [-0.39, 0.29) is 23.7 Å². The minimum atomic E-state index is -0.189. The SMILES string of the molecule is COc1ccc(C(C)(C)CNC(=O)c2ccccc2N)cc1.Cl. The maximum Gasteiger partial charge on any atom is 0.253 e. The van der Waals surface area contributed by atoms with Gasteiger partial charge in [-0.3, -0.25) is 4.79 Å². The molecule has 0 aliphatic rings. The van der Waals surface area contributed by atoms with Crippen molar-refractivity contribution in [2.75, 3.05) is 19.4 Å². The van der Waals surface area contributed by atoms with Crippen LogP contribution in [0.15, 0.2) is 48.5 Å². The van der Waals surface area contributed by atoms with Crippen LogP contribution in [-0.2, 0) is 5.41 Å². The number of rotatable bonds is 5. The summed E-state index contributed by atoms with van der Waals surface area (Å²) in [5.41, 5.74) is 7.77. The fourth-order valence-electron chi connectivity index (χ4n) is 2.24. The molecule has 5 heteroatoms. The number of methoxy groups -OCH3 is 1. The number of hydrogen-bond donors (Lipinski definition) is 2. The number of anilines is 1. The van der Waals surface area contributed by atoms with E-state index in [1.165, 1.54) is 0 Å². The van der Waals surface area contributed by atoms with Gasteiger partial charge in [-0.2, -0.15) is 0 Å². The molecular weight excluding hydrogens is 312 g/mol. The molecule has 0 aromatic heterocycles. The molecule has 2 aromatic rings. The third kappa shape index (κ3) is 4.63. The van der Waals surface area contributed by atoms with Crippen LogP contribution in [0.1, 0.15) is 29.8 Å². The van der Waals surface area contributed by atoms with E-state index in [1.54, 1.807) is 25.3 Å². The Morgan fingerprint density at radius 2 is 1.74 bits per heavy atom. The average molecular weight is 335 g/mol. The summed E-state index contributed by atoms with van der Waals surface area (Å²) in [5, 5.41) is 2.96. The van der Waals surface area contributed by atoms with Gasteiger partial charge in [0.15, 0.2) is 0 Å². The van der Waals surface area contributed by atoms with Crippen LogP contribution in [0.4, 0.5) is 5.69 Å². The van der Waals surface area contributed by atoms with E-state index in [1.807, 2.05) is 30.3 Å². The number of ether oxygens (including phenoxy) is 1. The van der Waals surface area contributed by atoms with Crippen molar-refractivity contribution in [2.24, 2.45) is 0 Å². The lowest BCUT2D eigenvalue weighted by atomic mass is 9.84. The molecule has 0 heterocycles. The Kier molecular flexibility index (Phi) is 6.46. The summed E-state index contributed by atoms with van der Waals surface area (Å²) in [5.74, 6) is 0.667. The molecule has 0 radical (unpaired) electrons. The molecule has 3 N–H and O–H groups in total. The van der Waals surface area contributed by atoms with Gasteiger partial charge in [0, 0.05) is 17.6 Å². The first-order valence-corrected chi connectivity index (χ1v) is 7.21. The summed E-state index contributed by atoms with van der Waals surface area (Å²) in [7, 11) is 1.64. The molecule has 23 heavy (non-hydrogen) atoms. The minimum absolute atomic E-state index is 0. The monoisotopic (exact) mass is 334 g/mol. The predicted molar refractivity (Wildman–Crippen MR) is 96.5 cm³/mol. The molecule has 0 aliphatic carbocycles. The molecule has 0 atom stereocenters. The lowest BCUT2D eigenvalue weighted by Gasteiger charge is -2.26. The zero-order valence-corrected chi connectivity index (χ0v) is 14.4. The van der Waals surface area contributed by atoms with Gasteiger partial charge < -0.3 is 15.8 Å². The van der Waals surface area contributed by atoms with Crippen molar-refractivity contribution in [1.82, 2.24) is 5.32 Å². The Morgan fingerprint density at radius 3 is 2.30 bits per heavy atom. The molecular formula is C18H23ClN2O2. The quantitative estimate of drug-likeness (QED) is 0.824. The highest BCUT2D eigenvalue weighted by Crippen LogP contribution is 2.24. The maximum atomic E-state index is 12.2. The summed E-state index contributed by atoms with van der Waals surface area (Å²) in [4.78, 5) is 12.2. The zero-order chi connectivity index (χ0) is 16.2. The topological polar surface area (TPSA) is 64.3 Å². The van der Waals surface area contributed by atoms with Gasteiger partial charge in [0.05, 0.1) is 12.7 Å². The second-order valence-electron chi connectivity index (χ2n) is 5.88. The number of carbonyl (C=O) groups excluding carboxylic acids is 1. The van der Waals surface area contributed by atoms with Gasteiger partial charge in [-0.25, -0.2) is 0 Å². The third-order valence-corrected chi connectivity index (χ3v) is 3.77. The lowest BCUT2D eigenvalue weighted by molar-refractivity contribution is 0.0946. The minimum Gasteiger partial charge on any atom is -0.497 e.